The Bertz CT molecular complexity index is 933. The average molecular weight is 549 g/mol. The second-order valence-corrected chi connectivity index (χ2v) is 10.7. The molecule has 1 fully saturated rings. The molecule has 11 nitrogen and oxygen atoms in total. The lowest BCUT2D eigenvalue weighted by molar-refractivity contribution is -0.159. The zero-order chi connectivity index (χ0) is 28.9. The van der Waals surface area contributed by atoms with Crippen LogP contribution < -0.4 is 16.0 Å². The monoisotopic (exact) mass is 548 g/mol. The van der Waals surface area contributed by atoms with Crippen LogP contribution in [-0.2, 0) is 25.5 Å². The minimum Gasteiger partial charge on any atom is -0.461 e. The molecule has 0 spiro atoms. The predicted molar refractivity (Wildman–Crippen MR) is 146 cm³/mol. The summed E-state index contributed by atoms with van der Waals surface area (Å²) in [6.07, 6.45) is -0.807. The summed E-state index contributed by atoms with van der Waals surface area (Å²) in [5.74, 6) is -1.57. The maximum atomic E-state index is 13.1. The number of likely N-dealkylation sites (tertiary alicyclic amines) is 1. The lowest BCUT2D eigenvalue weighted by Crippen LogP contribution is -2.54. The van der Waals surface area contributed by atoms with Crippen LogP contribution in [0.3, 0.4) is 0 Å². The van der Waals surface area contributed by atoms with Gasteiger partial charge in [-0.05, 0) is 44.6 Å². The molecule has 39 heavy (non-hydrogen) atoms. The van der Waals surface area contributed by atoms with Gasteiger partial charge in [-0.25, -0.2) is 9.59 Å². The second-order valence-electron chi connectivity index (χ2n) is 10.7. The molecule has 218 valence electrons. The van der Waals surface area contributed by atoms with Crippen molar-refractivity contribution in [1.82, 2.24) is 20.9 Å². The van der Waals surface area contributed by atoms with Gasteiger partial charge in [0.2, 0.25) is 11.8 Å². The molecule has 0 aromatic heterocycles. The predicted octanol–water partition coefficient (Wildman–Crippen LogP) is 1.11. The number of piperidine rings is 1. The van der Waals surface area contributed by atoms with E-state index in [1.807, 2.05) is 44.2 Å². The highest BCUT2D eigenvalue weighted by Crippen LogP contribution is 2.12. The molecule has 1 heterocycles. The van der Waals surface area contributed by atoms with Crippen LogP contribution >= 0.6 is 0 Å². The number of aliphatic hydroxyl groups excluding tert-OH is 2. The topological polar surface area (TPSA) is 157 Å². The first-order chi connectivity index (χ1) is 18.5. The number of urea groups is 1. The van der Waals surface area contributed by atoms with Gasteiger partial charge in [0, 0.05) is 32.5 Å². The summed E-state index contributed by atoms with van der Waals surface area (Å²) in [6.45, 7) is 7.98. The van der Waals surface area contributed by atoms with E-state index < -0.39 is 48.2 Å². The first kappa shape index (κ1) is 32.0. The first-order valence-corrected chi connectivity index (χ1v) is 13.7. The molecular formula is C28H44N4O7. The number of rotatable bonds is 13. The summed E-state index contributed by atoms with van der Waals surface area (Å²) in [5, 5.41) is 28.3. The van der Waals surface area contributed by atoms with Crippen molar-refractivity contribution in [3.63, 3.8) is 0 Å². The van der Waals surface area contributed by atoms with Crippen LogP contribution in [-0.4, -0.2) is 89.0 Å². The molecule has 5 N–H and O–H groups in total. The molecule has 11 heteroatoms. The number of carbonyl (C=O) groups is 4. The van der Waals surface area contributed by atoms with E-state index in [4.69, 9.17) is 4.74 Å². The van der Waals surface area contributed by atoms with E-state index in [-0.39, 0.29) is 31.3 Å². The van der Waals surface area contributed by atoms with E-state index in [0.29, 0.717) is 32.4 Å². The van der Waals surface area contributed by atoms with Crippen molar-refractivity contribution in [3.05, 3.63) is 35.9 Å². The highest BCUT2D eigenvalue weighted by atomic mass is 16.6. The molecule has 0 radical (unpaired) electrons. The Morgan fingerprint density at radius 1 is 1.03 bits per heavy atom. The van der Waals surface area contributed by atoms with Crippen LogP contribution in [0.5, 0.6) is 0 Å². The van der Waals surface area contributed by atoms with Gasteiger partial charge in [0.1, 0.15) is 6.04 Å². The van der Waals surface area contributed by atoms with E-state index in [2.05, 4.69) is 16.0 Å². The van der Waals surface area contributed by atoms with Crippen LogP contribution in [0.25, 0.3) is 0 Å². The van der Waals surface area contributed by atoms with Gasteiger partial charge < -0.3 is 35.8 Å². The quantitative estimate of drug-likeness (QED) is 0.231. The molecule has 0 unspecified atom stereocenters. The number of hydrogen-bond acceptors (Lipinski definition) is 7. The molecule has 2 rings (SSSR count). The fourth-order valence-corrected chi connectivity index (χ4v) is 4.31. The molecule has 3 atom stereocenters. The molecule has 1 saturated heterocycles. The first-order valence-electron chi connectivity index (χ1n) is 13.7. The number of ether oxygens (including phenoxy) is 1. The maximum absolute atomic E-state index is 13.1. The third kappa shape index (κ3) is 11.6. The van der Waals surface area contributed by atoms with Gasteiger partial charge >= 0.3 is 12.0 Å². The summed E-state index contributed by atoms with van der Waals surface area (Å²) in [6, 6.07) is 7.21. The molecule has 4 amide bonds. The number of benzene rings is 1. The van der Waals surface area contributed by atoms with E-state index >= 15 is 0 Å². The van der Waals surface area contributed by atoms with Gasteiger partial charge in [0.15, 0.2) is 6.10 Å². The lowest BCUT2D eigenvalue weighted by atomic mass is 9.99. The summed E-state index contributed by atoms with van der Waals surface area (Å²) in [4.78, 5) is 52.2. The second kappa shape index (κ2) is 16.0. The fraction of sp³-hybridized carbons (Fsp3) is 0.643. The Morgan fingerprint density at radius 3 is 2.26 bits per heavy atom. The van der Waals surface area contributed by atoms with Crippen LogP contribution in [0.2, 0.25) is 0 Å². The van der Waals surface area contributed by atoms with E-state index in [1.165, 1.54) is 0 Å². The molecule has 1 aliphatic heterocycles. The zero-order valence-electron chi connectivity index (χ0n) is 23.4. The largest absolute Gasteiger partial charge is 0.461 e. The Hall–Kier alpha value is -3.18. The van der Waals surface area contributed by atoms with Gasteiger partial charge in [-0.3, -0.25) is 9.59 Å². The third-order valence-corrected chi connectivity index (χ3v) is 6.35. The molecule has 1 aromatic carbocycles. The van der Waals surface area contributed by atoms with Crippen LogP contribution in [0.15, 0.2) is 30.3 Å². The SMILES string of the molecule is CC(C)C[C@H](NC(=O)CCNC(=O)[C@H](Cc1ccccc1)NC(=O)N1CCC(O)CC1)[C@@H](O)C(=O)OC(C)C. The highest BCUT2D eigenvalue weighted by molar-refractivity contribution is 5.88. The standard InChI is InChI=1S/C28H44N4O7/c1-18(2)16-22(25(35)27(37)39-19(3)4)30-24(34)10-13-29-26(36)23(17-20-8-6-5-7-9-20)31-28(38)32-14-11-21(33)12-15-32/h5-9,18-19,21-23,25,33,35H,10-17H2,1-4H3,(H,29,36)(H,30,34)(H,31,38)/t22-,23-,25+/m0/s1. The van der Waals surface area contributed by atoms with Crippen molar-refractivity contribution >= 4 is 23.8 Å². The number of nitrogens with zero attached hydrogens (tertiary/aromatic N) is 1. The average Bonchev–Trinajstić information content (AvgIpc) is 2.87. The van der Waals surface area contributed by atoms with Gasteiger partial charge in [0.05, 0.1) is 18.2 Å². The zero-order valence-corrected chi connectivity index (χ0v) is 23.4. The number of esters is 1. The third-order valence-electron chi connectivity index (χ3n) is 6.35. The van der Waals surface area contributed by atoms with Crippen molar-refractivity contribution < 1.29 is 34.1 Å². The van der Waals surface area contributed by atoms with Crippen molar-refractivity contribution in [2.75, 3.05) is 19.6 Å². The van der Waals surface area contributed by atoms with E-state index in [1.54, 1.807) is 18.7 Å². The lowest BCUT2D eigenvalue weighted by Gasteiger charge is -2.31. The van der Waals surface area contributed by atoms with Crippen molar-refractivity contribution in [2.45, 2.75) is 90.2 Å². The number of amides is 4. The Balaban J connectivity index is 1.95. The Kier molecular flexibility index (Phi) is 13.2. The maximum Gasteiger partial charge on any atom is 0.337 e. The number of carbonyl (C=O) groups excluding carboxylic acids is 4. The number of nitrogens with one attached hydrogen (secondary N) is 3. The minimum absolute atomic E-state index is 0.00265. The normalized spacial score (nSPS) is 16.4. The summed E-state index contributed by atoms with van der Waals surface area (Å²) >= 11 is 0. The molecule has 0 aliphatic carbocycles. The molecule has 1 aliphatic rings. The van der Waals surface area contributed by atoms with Gasteiger partial charge in [-0.1, -0.05) is 44.2 Å². The van der Waals surface area contributed by atoms with Crippen LogP contribution in [0.4, 0.5) is 4.79 Å². The summed E-state index contributed by atoms with van der Waals surface area (Å²) in [7, 11) is 0. The smallest absolute Gasteiger partial charge is 0.337 e. The van der Waals surface area contributed by atoms with Crippen LogP contribution in [0.1, 0.15) is 58.9 Å². The molecule has 0 bridgehead atoms. The Labute approximate surface area is 230 Å². The van der Waals surface area contributed by atoms with E-state index in [0.717, 1.165) is 5.56 Å². The Morgan fingerprint density at radius 2 is 1.67 bits per heavy atom. The summed E-state index contributed by atoms with van der Waals surface area (Å²) < 4.78 is 5.08. The van der Waals surface area contributed by atoms with Gasteiger partial charge in [0.25, 0.3) is 0 Å². The van der Waals surface area contributed by atoms with E-state index in [9.17, 15) is 29.4 Å². The fourth-order valence-electron chi connectivity index (χ4n) is 4.31. The van der Waals surface area contributed by atoms with Gasteiger partial charge in [-0.15, -0.1) is 0 Å². The molecule has 0 saturated carbocycles. The van der Waals surface area contributed by atoms with Crippen molar-refractivity contribution in [3.8, 4) is 0 Å². The molecular weight excluding hydrogens is 504 g/mol. The number of hydrogen-bond donors (Lipinski definition) is 5. The highest BCUT2D eigenvalue weighted by Gasteiger charge is 2.30. The van der Waals surface area contributed by atoms with Crippen molar-refractivity contribution in [1.29, 1.82) is 0 Å². The summed E-state index contributed by atoms with van der Waals surface area (Å²) in [5.41, 5.74) is 0.864. The van der Waals surface area contributed by atoms with Crippen LogP contribution in [0, 0.1) is 5.92 Å². The molecule has 1 aromatic rings. The van der Waals surface area contributed by atoms with Gasteiger partial charge in [-0.2, -0.15) is 0 Å². The minimum atomic E-state index is -1.50. The van der Waals surface area contributed by atoms with Crippen molar-refractivity contribution in [2.24, 2.45) is 5.92 Å². The number of aliphatic hydroxyl groups is 2.